The Morgan fingerprint density at radius 2 is 1.91 bits per heavy atom. The highest BCUT2D eigenvalue weighted by Crippen LogP contribution is 2.28. The van der Waals surface area contributed by atoms with Gasteiger partial charge in [-0.2, -0.15) is 0 Å². The minimum absolute atomic E-state index is 0.186. The van der Waals surface area contributed by atoms with Gasteiger partial charge in [0.05, 0.1) is 11.7 Å². The molecule has 0 aromatic heterocycles. The predicted octanol–water partition coefficient (Wildman–Crippen LogP) is 2.26. The summed E-state index contributed by atoms with van der Waals surface area (Å²) in [6.45, 7) is 0. The first kappa shape index (κ1) is 14.9. The molecule has 2 aliphatic carbocycles. The van der Waals surface area contributed by atoms with Gasteiger partial charge in [0.25, 0.3) is 5.91 Å². The van der Waals surface area contributed by atoms with Crippen molar-refractivity contribution in [2.24, 2.45) is 11.7 Å². The predicted molar refractivity (Wildman–Crippen MR) is 86.4 cm³/mol. The molecule has 2 fully saturated rings. The van der Waals surface area contributed by atoms with Crippen LogP contribution in [0.3, 0.4) is 0 Å². The fourth-order valence-electron chi connectivity index (χ4n) is 2.80. The van der Waals surface area contributed by atoms with Crippen LogP contribution in [0, 0.1) is 17.8 Å². The molecule has 0 saturated heterocycles. The number of nitrogens with one attached hydrogen (secondary N) is 1. The van der Waals surface area contributed by atoms with Gasteiger partial charge in [0, 0.05) is 23.2 Å². The summed E-state index contributed by atoms with van der Waals surface area (Å²) in [6.07, 6.45) is 5.59. The van der Waals surface area contributed by atoms with Gasteiger partial charge in [-0.05, 0) is 56.7 Å². The summed E-state index contributed by atoms with van der Waals surface area (Å²) in [5.41, 5.74) is 7.61. The number of primary amides is 1. The number of aliphatic hydroxyl groups excluding tert-OH is 1. The summed E-state index contributed by atoms with van der Waals surface area (Å²) in [4.78, 5) is 11.7. The summed E-state index contributed by atoms with van der Waals surface area (Å²) < 4.78 is 0. The topological polar surface area (TPSA) is 75.4 Å². The molecule has 0 atom stereocenters. The third-order valence-corrected chi connectivity index (χ3v) is 4.34. The summed E-state index contributed by atoms with van der Waals surface area (Å²) >= 11 is 0. The second kappa shape index (κ2) is 6.41. The zero-order valence-electron chi connectivity index (χ0n) is 12.6. The lowest BCUT2D eigenvalue weighted by atomic mass is 9.92. The molecule has 0 heterocycles. The van der Waals surface area contributed by atoms with Crippen LogP contribution in [0.25, 0.3) is 0 Å². The number of hydrogen-bond donors (Lipinski definition) is 3. The zero-order chi connectivity index (χ0) is 15.5. The summed E-state index contributed by atoms with van der Waals surface area (Å²) in [5, 5.41) is 13.0. The molecule has 0 aliphatic heterocycles. The third kappa shape index (κ3) is 3.80. The molecule has 116 valence electrons. The molecule has 22 heavy (non-hydrogen) atoms. The lowest BCUT2D eigenvalue weighted by Crippen LogP contribution is -2.29. The smallest absolute Gasteiger partial charge is 0.250 e. The quantitative estimate of drug-likeness (QED) is 0.749. The second-order valence-electron chi connectivity index (χ2n) is 6.32. The van der Waals surface area contributed by atoms with Gasteiger partial charge >= 0.3 is 0 Å². The summed E-state index contributed by atoms with van der Waals surface area (Å²) in [7, 11) is 0. The van der Waals surface area contributed by atoms with E-state index >= 15 is 0 Å². The lowest BCUT2D eigenvalue weighted by molar-refractivity contribution is 0.100. The molecule has 2 aliphatic rings. The van der Waals surface area contributed by atoms with Crippen LogP contribution in [-0.2, 0) is 0 Å². The molecule has 1 amide bonds. The van der Waals surface area contributed by atoms with E-state index in [4.69, 9.17) is 5.73 Å². The molecule has 0 unspecified atom stereocenters. The van der Waals surface area contributed by atoms with E-state index < -0.39 is 5.91 Å². The number of carbonyl (C=O) groups excluding carboxylic acids is 1. The van der Waals surface area contributed by atoms with Crippen LogP contribution in [0.1, 0.15) is 54.4 Å². The van der Waals surface area contributed by atoms with Crippen molar-refractivity contribution in [1.82, 2.24) is 0 Å². The second-order valence-corrected chi connectivity index (χ2v) is 6.32. The van der Waals surface area contributed by atoms with Gasteiger partial charge in [-0.1, -0.05) is 11.8 Å². The highest BCUT2D eigenvalue weighted by Gasteiger charge is 2.21. The third-order valence-electron chi connectivity index (χ3n) is 4.34. The van der Waals surface area contributed by atoms with E-state index in [1.807, 2.05) is 12.1 Å². The van der Waals surface area contributed by atoms with Crippen LogP contribution in [0.2, 0.25) is 0 Å². The van der Waals surface area contributed by atoms with Crippen molar-refractivity contribution < 1.29 is 9.90 Å². The largest absolute Gasteiger partial charge is 0.393 e. The Bertz CT molecular complexity index is 618. The monoisotopic (exact) mass is 298 g/mol. The lowest BCUT2D eigenvalue weighted by Gasteiger charge is -2.27. The molecule has 0 bridgehead atoms. The number of anilines is 1. The Hall–Kier alpha value is -1.99. The Labute approximate surface area is 131 Å². The fraction of sp³-hybridized carbons (Fsp3) is 0.500. The zero-order valence-corrected chi connectivity index (χ0v) is 12.6. The van der Waals surface area contributed by atoms with E-state index in [9.17, 15) is 9.90 Å². The van der Waals surface area contributed by atoms with Crippen molar-refractivity contribution in [2.75, 3.05) is 5.32 Å². The van der Waals surface area contributed by atoms with Crippen LogP contribution >= 0.6 is 0 Å². The Morgan fingerprint density at radius 3 is 2.55 bits per heavy atom. The number of rotatable bonds is 3. The van der Waals surface area contributed by atoms with Gasteiger partial charge in [0.1, 0.15) is 0 Å². The SMILES string of the molecule is NC(=O)c1cc(C#CC2CC2)ccc1NC1CCC(O)CC1. The van der Waals surface area contributed by atoms with E-state index in [0.29, 0.717) is 11.5 Å². The van der Waals surface area contributed by atoms with E-state index in [1.165, 1.54) is 12.8 Å². The first-order valence-corrected chi connectivity index (χ1v) is 8.02. The normalized spacial score (nSPS) is 24.2. The van der Waals surface area contributed by atoms with E-state index in [1.54, 1.807) is 6.07 Å². The van der Waals surface area contributed by atoms with Crippen LogP contribution in [-0.4, -0.2) is 23.2 Å². The van der Waals surface area contributed by atoms with Gasteiger partial charge in [-0.25, -0.2) is 0 Å². The van der Waals surface area contributed by atoms with Crippen LogP contribution in [0.5, 0.6) is 0 Å². The van der Waals surface area contributed by atoms with E-state index in [2.05, 4.69) is 17.2 Å². The van der Waals surface area contributed by atoms with Crippen molar-refractivity contribution in [3.8, 4) is 11.8 Å². The van der Waals surface area contributed by atoms with Gasteiger partial charge in [0.15, 0.2) is 0 Å². The molecule has 4 N–H and O–H groups in total. The Morgan fingerprint density at radius 1 is 1.18 bits per heavy atom. The first-order valence-electron chi connectivity index (χ1n) is 8.02. The van der Waals surface area contributed by atoms with Crippen molar-refractivity contribution in [3.05, 3.63) is 29.3 Å². The molecular formula is C18H22N2O2. The maximum Gasteiger partial charge on any atom is 0.250 e. The van der Waals surface area contributed by atoms with E-state index in [0.717, 1.165) is 36.9 Å². The van der Waals surface area contributed by atoms with Gasteiger partial charge in [-0.3, -0.25) is 4.79 Å². The first-order chi connectivity index (χ1) is 10.6. The van der Waals surface area contributed by atoms with Crippen molar-refractivity contribution in [2.45, 2.75) is 50.7 Å². The number of carbonyl (C=O) groups is 1. The number of nitrogens with two attached hydrogens (primary N) is 1. The standard InChI is InChI=1S/C18H22N2O2/c19-18(22)16-11-13(4-3-12-1-2-12)5-10-17(16)20-14-6-8-15(21)9-7-14/h5,10-12,14-15,20-21H,1-2,6-9H2,(H2,19,22). The Kier molecular flexibility index (Phi) is 4.35. The molecule has 4 heteroatoms. The number of amides is 1. The van der Waals surface area contributed by atoms with Crippen LogP contribution in [0.15, 0.2) is 18.2 Å². The average molecular weight is 298 g/mol. The number of benzene rings is 1. The van der Waals surface area contributed by atoms with Gasteiger partial charge in [0.2, 0.25) is 0 Å². The molecule has 2 saturated carbocycles. The minimum atomic E-state index is -0.437. The molecular weight excluding hydrogens is 276 g/mol. The van der Waals surface area contributed by atoms with E-state index in [-0.39, 0.29) is 12.1 Å². The van der Waals surface area contributed by atoms with Gasteiger partial charge in [-0.15, -0.1) is 0 Å². The van der Waals surface area contributed by atoms with Crippen LogP contribution < -0.4 is 11.1 Å². The molecule has 1 aromatic rings. The average Bonchev–Trinajstić information content (AvgIpc) is 3.32. The van der Waals surface area contributed by atoms with Crippen molar-refractivity contribution >= 4 is 11.6 Å². The number of aliphatic hydroxyl groups is 1. The van der Waals surface area contributed by atoms with Crippen molar-refractivity contribution in [3.63, 3.8) is 0 Å². The number of hydrogen-bond acceptors (Lipinski definition) is 3. The molecule has 1 aromatic carbocycles. The summed E-state index contributed by atoms with van der Waals surface area (Å²) in [6, 6.07) is 5.88. The Balaban J connectivity index is 1.75. The summed E-state index contributed by atoms with van der Waals surface area (Å²) in [5.74, 6) is 6.41. The molecule has 0 spiro atoms. The highest BCUT2D eigenvalue weighted by molar-refractivity contribution is 5.99. The maximum atomic E-state index is 11.7. The fourth-order valence-corrected chi connectivity index (χ4v) is 2.80. The molecule has 3 rings (SSSR count). The minimum Gasteiger partial charge on any atom is -0.393 e. The molecule has 4 nitrogen and oxygen atoms in total. The van der Waals surface area contributed by atoms with Crippen molar-refractivity contribution in [1.29, 1.82) is 0 Å². The van der Waals surface area contributed by atoms with Gasteiger partial charge < -0.3 is 16.2 Å². The molecule has 0 radical (unpaired) electrons. The van der Waals surface area contributed by atoms with Crippen LogP contribution in [0.4, 0.5) is 5.69 Å². The maximum absolute atomic E-state index is 11.7. The highest BCUT2D eigenvalue weighted by atomic mass is 16.3.